The highest BCUT2D eigenvalue weighted by Gasteiger charge is 2.11. The number of aryl methyl sites for hydroxylation is 2. The van der Waals surface area contributed by atoms with Gasteiger partial charge in [-0.15, -0.1) is 0 Å². The van der Waals surface area contributed by atoms with Crippen LogP contribution >= 0.6 is 0 Å². The number of hydrogen-bond donors (Lipinski definition) is 1. The Morgan fingerprint density at radius 2 is 2.10 bits per heavy atom. The fourth-order valence-corrected chi connectivity index (χ4v) is 2.67. The van der Waals surface area contributed by atoms with Crippen molar-refractivity contribution in [3.8, 4) is 0 Å². The summed E-state index contributed by atoms with van der Waals surface area (Å²) in [6.45, 7) is 2.08. The van der Waals surface area contributed by atoms with Gasteiger partial charge in [-0.3, -0.25) is 4.68 Å². The molecule has 1 N–H and O–H groups in total. The van der Waals surface area contributed by atoms with Crippen LogP contribution in [0.5, 0.6) is 0 Å². The first-order valence-corrected chi connectivity index (χ1v) is 7.51. The summed E-state index contributed by atoms with van der Waals surface area (Å²) in [5.41, 5.74) is 4.49. The van der Waals surface area contributed by atoms with E-state index in [1.54, 1.807) is 10.9 Å². The molecule has 0 fully saturated rings. The number of nitrogens with zero attached hydrogens (tertiary/aromatic N) is 4. The molecule has 0 amide bonds. The molecule has 2 aromatic rings. The van der Waals surface area contributed by atoms with Gasteiger partial charge in [-0.1, -0.05) is 12.5 Å². The monoisotopic (exact) mass is 283 g/mol. The molecule has 110 valence electrons. The molecular formula is C16H21N5. The van der Waals surface area contributed by atoms with Crippen LogP contribution in [-0.2, 0) is 7.05 Å². The van der Waals surface area contributed by atoms with Crippen LogP contribution in [0.4, 0.5) is 11.6 Å². The summed E-state index contributed by atoms with van der Waals surface area (Å²) < 4.78 is 1.76. The van der Waals surface area contributed by atoms with Gasteiger partial charge in [-0.05, 0) is 43.7 Å². The summed E-state index contributed by atoms with van der Waals surface area (Å²) in [6, 6.07) is 0. The number of rotatable bonds is 3. The van der Waals surface area contributed by atoms with Gasteiger partial charge in [-0.2, -0.15) is 5.10 Å². The Balaban J connectivity index is 1.87. The SMILES string of the molecule is Cc1cnc(Nc2cnn(C)c2)nc1C1=CCCCCC1. The molecule has 0 spiro atoms. The molecule has 3 rings (SSSR count). The van der Waals surface area contributed by atoms with Crippen molar-refractivity contribution in [1.82, 2.24) is 19.7 Å². The van der Waals surface area contributed by atoms with Gasteiger partial charge in [0.05, 0.1) is 17.6 Å². The zero-order chi connectivity index (χ0) is 14.7. The Morgan fingerprint density at radius 3 is 2.90 bits per heavy atom. The van der Waals surface area contributed by atoms with Gasteiger partial charge in [0.15, 0.2) is 0 Å². The molecule has 0 aromatic carbocycles. The van der Waals surface area contributed by atoms with E-state index in [0.717, 1.165) is 29.8 Å². The van der Waals surface area contributed by atoms with Crippen LogP contribution in [0.3, 0.4) is 0 Å². The van der Waals surface area contributed by atoms with Crippen molar-refractivity contribution < 1.29 is 0 Å². The van der Waals surface area contributed by atoms with E-state index in [2.05, 4.69) is 28.4 Å². The topological polar surface area (TPSA) is 55.6 Å². The zero-order valence-electron chi connectivity index (χ0n) is 12.6. The fraction of sp³-hybridized carbons (Fsp3) is 0.438. The van der Waals surface area contributed by atoms with Crippen LogP contribution in [0.2, 0.25) is 0 Å². The lowest BCUT2D eigenvalue weighted by molar-refractivity contribution is 0.720. The fourth-order valence-electron chi connectivity index (χ4n) is 2.67. The number of allylic oxidation sites excluding steroid dienone is 2. The molecule has 0 bridgehead atoms. The molecule has 2 heterocycles. The molecule has 1 aliphatic rings. The van der Waals surface area contributed by atoms with Crippen molar-refractivity contribution in [1.29, 1.82) is 0 Å². The Bertz CT molecular complexity index is 656. The molecule has 0 unspecified atom stereocenters. The lowest BCUT2D eigenvalue weighted by Crippen LogP contribution is -2.02. The van der Waals surface area contributed by atoms with E-state index in [-0.39, 0.29) is 0 Å². The van der Waals surface area contributed by atoms with E-state index in [9.17, 15) is 0 Å². The molecule has 5 nitrogen and oxygen atoms in total. The summed E-state index contributed by atoms with van der Waals surface area (Å²) in [4.78, 5) is 9.09. The Kier molecular flexibility index (Phi) is 3.99. The second-order valence-electron chi connectivity index (χ2n) is 5.58. The minimum atomic E-state index is 0.633. The summed E-state index contributed by atoms with van der Waals surface area (Å²) in [5, 5.41) is 7.36. The number of anilines is 2. The third kappa shape index (κ3) is 3.29. The first kappa shape index (κ1) is 13.8. The zero-order valence-corrected chi connectivity index (χ0v) is 12.6. The minimum Gasteiger partial charge on any atom is -0.321 e. The highest BCUT2D eigenvalue weighted by Crippen LogP contribution is 2.27. The van der Waals surface area contributed by atoms with Crippen molar-refractivity contribution in [3.63, 3.8) is 0 Å². The van der Waals surface area contributed by atoms with Crippen LogP contribution in [0, 0.1) is 6.92 Å². The predicted octanol–water partition coefficient (Wildman–Crippen LogP) is 3.61. The van der Waals surface area contributed by atoms with Crippen molar-refractivity contribution >= 4 is 17.2 Å². The van der Waals surface area contributed by atoms with Gasteiger partial charge in [0.1, 0.15) is 0 Å². The maximum Gasteiger partial charge on any atom is 0.227 e. The second kappa shape index (κ2) is 6.08. The average Bonchev–Trinajstić information content (AvgIpc) is 2.73. The standard InChI is InChI=1S/C16H21N5/c1-12-9-17-16(19-14-10-18-21(2)11-14)20-15(12)13-7-5-3-4-6-8-13/h7,9-11H,3-6,8H2,1-2H3,(H,17,19,20). The molecule has 21 heavy (non-hydrogen) atoms. The maximum absolute atomic E-state index is 4.71. The molecule has 2 aromatic heterocycles. The minimum absolute atomic E-state index is 0.633. The van der Waals surface area contributed by atoms with Crippen LogP contribution in [-0.4, -0.2) is 19.7 Å². The molecule has 0 atom stereocenters. The first-order valence-electron chi connectivity index (χ1n) is 7.51. The number of nitrogens with one attached hydrogen (secondary N) is 1. The van der Waals surface area contributed by atoms with E-state index < -0.39 is 0 Å². The molecule has 0 saturated heterocycles. The van der Waals surface area contributed by atoms with Gasteiger partial charge in [0, 0.05) is 19.4 Å². The highest BCUT2D eigenvalue weighted by molar-refractivity contribution is 5.66. The average molecular weight is 283 g/mol. The summed E-state index contributed by atoms with van der Waals surface area (Å²) >= 11 is 0. The predicted molar refractivity (Wildman–Crippen MR) is 84.3 cm³/mol. The van der Waals surface area contributed by atoms with Crippen molar-refractivity contribution in [2.45, 2.75) is 39.0 Å². The van der Waals surface area contributed by atoms with Gasteiger partial charge >= 0.3 is 0 Å². The molecule has 0 radical (unpaired) electrons. The quantitative estimate of drug-likeness (QED) is 0.935. The third-order valence-corrected chi connectivity index (χ3v) is 3.78. The maximum atomic E-state index is 4.71. The van der Waals surface area contributed by atoms with Crippen LogP contribution in [0.25, 0.3) is 5.57 Å². The largest absolute Gasteiger partial charge is 0.321 e. The highest BCUT2D eigenvalue weighted by atomic mass is 15.3. The molecular weight excluding hydrogens is 262 g/mol. The summed E-state index contributed by atoms with van der Waals surface area (Å²) in [7, 11) is 1.89. The van der Waals surface area contributed by atoms with Gasteiger partial charge in [0.25, 0.3) is 0 Å². The van der Waals surface area contributed by atoms with Gasteiger partial charge in [-0.25, -0.2) is 9.97 Å². The third-order valence-electron chi connectivity index (χ3n) is 3.78. The normalized spacial score (nSPS) is 15.4. The molecule has 0 saturated carbocycles. The smallest absolute Gasteiger partial charge is 0.227 e. The van der Waals surface area contributed by atoms with Crippen LogP contribution in [0.15, 0.2) is 24.7 Å². The van der Waals surface area contributed by atoms with E-state index in [1.807, 2.05) is 19.4 Å². The lowest BCUT2D eigenvalue weighted by Gasteiger charge is -2.10. The Morgan fingerprint density at radius 1 is 1.19 bits per heavy atom. The van der Waals surface area contributed by atoms with Gasteiger partial charge < -0.3 is 5.32 Å². The second-order valence-corrected chi connectivity index (χ2v) is 5.58. The Labute approximate surface area is 125 Å². The first-order chi connectivity index (χ1) is 10.2. The van der Waals surface area contributed by atoms with Gasteiger partial charge in [0.2, 0.25) is 5.95 Å². The van der Waals surface area contributed by atoms with E-state index in [1.165, 1.54) is 24.8 Å². The van der Waals surface area contributed by atoms with E-state index in [4.69, 9.17) is 4.98 Å². The van der Waals surface area contributed by atoms with Crippen molar-refractivity contribution in [2.24, 2.45) is 7.05 Å². The molecule has 0 aliphatic heterocycles. The van der Waals surface area contributed by atoms with E-state index >= 15 is 0 Å². The van der Waals surface area contributed by atoms with Crippen LogP contribution < -0.4 is 5.32 Å². The van der Waals surface area contributed by atoms with Crippen molar-refractivity contribution in [2.75, 3.05) is 5.32 Å². The lowest BCUT2D eigenvalue weighted by atomic mass is 10.0. The summed E-state index contributed by atoms with van der Waals surface area (Å²) in [5.74, 6) is 0.633. The molecule has 1 aliphatic carbocycles. The van der Waals surface area contributed by atoms with Crippen LogP contribution in [0.1, 0.15) is 43.4 Å². The Hall–Kier alpha value is -2.17. The van der Waals surface area contributed by atoms with E-state index in [0.29, 0.717) is 5.95 Å². The summed E-state index contributed by atoms with van der Waals surface area (Å²) in [6.07, 6.45) is 14.0. The number of hydrogen-bond acceptors (Lipinski definition) is 4. The number of aromatic nitrogens is 4. The molecule has 5 heteroatoms. The van der Waals surface area contributed by atoms with Crippen molar-refractivity contribution in [3.05, 3.63) is 35.9 Å².